The van der Waals surface area contributed by atoms with Crippen molar-refractivity contribution in [2.24, 2.45) is 0 Å². The number of nitrogens with one attached hydrogen (secondary N) is 1. The van der Waals surface area contributed by atoms with Crippen LogP contribution in [0.4, 0.5) is 5.69 Å². The van der Waals surface area contributed by atoms with Crippen molar-refractivity contribution < 1.29 is 13.0 Å². The van der Waals surface area contributed by atoms with Crippen molar-refractivity contribution in [2.45, 2.75) is 11.8 Å². The number of halogens is 1. The van der Waals surface area contributed by atoms with E-state index in [1.807, 2.05) is 6.92 Å². The second-order valence-corrected chi connectivity index (χ2v) is 4.45. The molecule has 0 aromatic heterocycles. The lowest BCUT2D eigenvalue weighted by Gasteiger charge is -2.05. The summed E-state index contributed by atoms with van der Waals surface area (Å²) in [5.41, 5.74) is 0.601. The van der Waals surface area contributed by atoms with Gasteiger partial charge in [0.05, 0.1) is 5.02 Å². The number of anilines is 1. The quantitative estimate of drug-likeness (QED) is 0.787. The molecule has 0 radical (unpaired) electrons. The summed E-state index contributed by atoms with van der Waals surface area (Å²) in [4.78, 5) is -0.280. The second-order valence-electron chi connectivity index (χ2n) is 2.65. The van der Waals surface area contributed by atoms with Crippen molar-refractivity contribution in [3.63, 3.8) is 0 Å². The average Bonchev–Trinajstić information content (AvgIpc) is 2.07. The number of benzene rings is 1. The highest BCUT2D eigenvalue weighted by atomic mass is 35.5. The van der Waals surface area contributed by atoms with Crippen molar-refractivity contribution in [3.8, 4) is 0 Å². The zero-order valence-electron chi connectivity index (χ0n) is 7.49. The van der Waals surface area contributed by atoms with Crippen LogP contribution in [0.15, 0.2) is 23.1 Å². The smallest absolute Gasteiger partial charge is 0.296 e. The monoisotopic (exact) mass is 235 g/mol. The summed E-state index contributed by atoms with van der Waals surface area (Å²) in [6.45, 7) is 2.54. The van der Waals surface area contributed by atoms with Crippen molar-refractivity contribution in [3.05, 3.63) is 23.2 Å². The van der Waals surface area contributed by atoms with Gasteiger partial charge in [0.1, 0.15) is 4.90 Å². The molecule has 1 rings (SSSR count). The van der Waals surface area contributed by atoms with Crippen molar-refractivity contribution in [1.29, 1.82) is 0 Å². The second kappa shape index (κ2) is 4.16. The van der Waals surface area contributed by atoms with Crippen molar-refractivity contribution in [2.75, 3.05) is 11.9 Å². The molecule has 1 aromatic rings. The lowest BCUT2D eigenvalue weighted by atomic mass is 10.3. The van der Waals surface area contributed by atoms with Gasteiger partial charge in [-0.2, -0.15) is 8.42 Å². The Kier molecular flexibility index (Phi) is 3.36. The summed E-state index contributed by atoms with van der Waals surface area (Å²) in [6, 6.07) is 4.35. The van der Waals surface area contributed by atoms with E-state index in [1.54, 1.807) is 6.07 Å². The van der Waals surface area contributed by atoms with Gasteiger partial charge in [-0.3, -0.25) is 4.55 Å². The summed E-state index contributed by atoms with van der Waals surface area (Å²) in [5.74, 6) is 0. The molecule has 6 heteroatoms. The van der Waals surface area contributed by atoms with E-state index >= 15 is 0 Å². The van der Waals surface area contributed by atoms with Gasteiger partial charge in [-0.05, 0) is 25.1 Å². The highest BCUT2D eigenvalue weighted by Crippen LogP contribution is 2.24. The number of hydrogen-bond acceptors (Lipinski definition) is 3. The summed E-state index contributed by atoms with van der Waals surface area (Å²) >= 11 is 5.61. The third-order valence-corrected chi connectivity index (χ3v) is 2.93. The van der Waals surface area contributed by atoms with E-state index in [0.717, 1.165) is 0 Å². The lowest BCUT2D eigenvalue weighted by Crippen LogP contribution is -2.02. The molecule has 1 aromatic carbocycles. The maximum absolute atomic E-state index is 10.9. The van der Waals surface area contributed by atoms with Gasteiger partial charge in [0.15, 0.2) is 0 Å². The molecule has 2 N–H and O–H groups in total. The largest absolute Gasteiger partial charge is 0.385 e. The fourth-order valence-electron chi connectivity index (χ4n) is 1.02. The van der Waals surface area contributed by atoms with Crippen LogP contribution < -0.4 is 5.32 Å². The Labute approximate surface area is 87.6 Å². The van der Waals surface area contributed by atoms with Crippen LogP contribution in [0.3, 0.4) is 0 Å². The molecule has 0 bridgehead atoms. The molecule has 0 saturated heterocycles. The molecule has 0 atom stereocenters. The molecule has 0 aliphatic rings. The first-order valence-electron chi connectivity index (χ1n) is 3.96. The molecule has 0 fully saturated rings. The first kappa shape index (κ1) is 11.3. The molecule has 0 saturated carbocycles. The van der Waals surface area contributed by atoms with E-state index < -0.39 is 10.1 Å². The molecule has 0 amide bonds. The van der Waals surface area contributed by atoms with Gasteiger partial charge in [0.2, 0.25) is 0 Å². The standard InChI is InChI=1S/C8H10ClNO3S/c1-2-10-6-3-4-7(9)8(5-6)14(11,12)13/h3-5,10H,2H2,1H3,(H,11,12,13). The average molecular weight is 236 g/mol. The Morgan fingerprint density at radius 3 is 2.64 bits per heavy atom. The predicted octanol–water partition coefficient (Wildman–Crippen LogP) is 2.02. The van der Waals surface area contributed by atoms with Crippen molar-refractivity contribution >= 4 is 27.4 Å². The molecule has 0 aliphatic carbocycles. The van der Waals surface area contributed by atoms with Crippen LogP contribution in [0.2, 0.25) is 5.02 Å². The molecule has 0 spiro atoms. The normalized spacial score (nSPS) is 11.4. The zero-order valence-corrected chi connectivity index (χ0v) is 9.06. The number of hydrogen-bond donors (Lipinski definition) is 2. The van der Waals surface area contributed by atoms with Gasteiger partial charge < -0.3 is 5.32 Å². The van der Waals surface area contributed by atoms with Gasteiger partial charge >= 0.3 is 0 Å². The highest BCUT2D eigenvalue weighted by Gasteiger charge is 2.14. The summed E-state index contributed by atoms with van der Waals surface area (Å²) in [5, 5.41) is 2.92. The fraction of sp³-hybridized carbons (Fsp3) is 0.250. The minimum atomic E-state index is -4.25. The summed E-state index contributed by atoms with van der Waals surface area (Å²) in [7, 11) is -4.25. The topological polar surface area (TPSA) is 66.4 Å². The van der Waals surface area contributed by atoms with E-state index in [9.17, 15) is 8.42 Å². The first-order chi connectivity index (χ1) is 6.45. The Balaban J connectivity index is 3.22. The summed E-state index contributed by atoms with van der Waals surface area (Å²) in [6.07, 6.45) is 0. The maximum Gasteiger partial charge on any atom is 0.296 e. The molecule has 0 aliphatic heterocycles. The summed E-state index contributed by atoms with van der Waals surface area (Å²) < 4.78 is 30.5. The van der Waals surface area contributed by atoms with Crippen LogP contribution in [0, 0.1) is 0 Å². The van der Waals surface area contributed by atoms with E-state index in [4.69, 9.17) is 16.2 Å². The van der Waals surface area contributed by atoms with Gasteiger partial charge in [-0.15, -0.1) is 0 Å². The number of rotatable bonds is 3. The van der Waals surface area contributed by atoms with Gasteiger partial charge in [-0.25, -0.2) is 0 Å². The molecular formula is C8H10ClNO3S. The Morgan fingerprint density at radius 1 is 1.50 bits per heavy atom. The van der Waals surface area contributed by atoms with Crippen LogP contribution in [0.1, 0.15) is 6.92 Å². The van der Waals surface area contributed by atoms with Crippen LogP contribution in [0.25, 0.3) is 0 Å². The van der Waals surface area contributed by atoms with Gasteiger partial charge in [0.25, 0.3) is 10.1 Å². The third-order valence-electron chi connectivity index (χ3n) is 1.59. The first-order valence-corrected chi connectivity index (χ1v) is 5.78. The minimum Gasteiger partial charge on any atom is -0.385 e. The van der Waals surface area contributed by atoms with Gasteiger partial charge in [0, 0.05) is 12.2 Å². The maximum atomic E-state index is 10.9. The lowest BCUT2D eigenvalue weighted by molar-refractivity contribution is 0.483. The molecular weight excluding hydrogens is 226 g/mol. The highest BCUT2D eigenvalue weighted by molar-refractivity contribution is 7.86. The molecule has 0 unspecified atom stereocenters. The van der Waals surface area contributed by atoms with Crippen LogP contribution in [-0.2, 0) is 10.1 Å². The molecule has 4 nitrogen and oxygen atoms in total. The third kappa shape index (κ3) is 2.60. The Bertz CT molecular complexity index is 430. The Morgan fingerprint density at radius 2 is 2.14 bits per heavy atom. The fourth-order valence-corrected chi connectivity index (χ4v) is 2.02. The van der Waals surface area contributed by atoms with E-state index in [2.05, 4.69) is 5.32 Å². The molecule has 78 valence electrons. The molecule has 14 heavy (non-hydrogen) atoms. The SMILES string of the molecule is CCNc1ccc(Cl)c(S(=O)(=O)O)c1. The Hall–Kier alpha value is -0.780. The minimum absolute atomic E-state index is 0.00848. The van der Waals surface area contributed by atoms with Gasteiger partial charge in [-0.1, -0.05) is 11.6 Å². The van der Waals surface area contributed by atoms with Crippen LogP contribution in [-0.4, -0.2) is 19.5 Å². The van der Waals surface area contributed by atoms with Crippen LogP contribution in [0.5, 0.6) is 0 Å². The van der Waals surface area contributed by atoms with E-state index in [1.165, 1.54) is 12.1 Å². The van der Waals surface area contributed by atoms with E-state index in [-0.39, 0.29) is 9.92 Å². The molecule has 0 heterocycles. The van der Waals surface area contributed by atoms with Crippen molar-refractivity contribution in [1.82, 2.24) is 0 Å². The zero-order chi connectivity index (χ0) is 10.8. The predicted molar refractivity (Wildman–Crippen MR) is 55.4 cm³/mol. The van der Waals surface area contributed by atoms with E-state index in [0.29, 0.717) is 12.2 Å². The van der Waals surface area contributed by atoms with Crippen LogP contribution >= 0.6 is 11.6 Å².